The molecule has 1 N–H and O–H groups in total. The van der Waals surface area contributed by atoms with Crippen LogP contribution in [0.15, 0.2) is 0 Å². The Balaban J connectivity index is 3.47. The van der Waals surface area contributed by atoms with Gasteiger partial charge in [0.05, 0.1) is 6.61 Å². The highest BCUT2D eigenvalue weighted by molar-refractivity contribution is 4.57. The van der Waals surface area contributed by atoms with E-state index in [1.807, 2.05) is 6.92 Å². The molecular formula is C8H18O4. The van der Waals surface area contributed by atoms with Crippen molar-refractivity contribution >= 4 is 0 Å². The molecule has 0 rings (SSSR count). The van der Waals surface area contributed by atoms with Gasteiger partial charge in [0.2, 0.25) is 0 Å². The summed E-state index contributed by atoms with van der Waals surface area (Å²) >= 11 is 0. The lowest BCUT2D eigenvalue weighted by molar-refractivity contribution is -0.178. The summed E-state index contributed by atoms with van der Waals surface area (Å²) in [5, 5.41) is 9.36. The molecule has 1 unspecified atom stereocenters. The second-order valence-corrected chi connectivity index (χ2v) is 2.48. The first-order valence-electron chi connectivity index (χ1n) is 4.07. The molecule has 1 atom stereocenters. The Hall–Kier alpha value is -0.160. The molecule has 0 amide bonds. The lowest BCUT2D eigenvalue weighted by atomic mass is 10.3. The molecule has 0 spiro atoms. The van der Waals surface area contributed by atoms with E-state index >= 15 is 0 Å². The van der Waals surface area contributed by atoms with Gasteiger partial charge in [-0.1, -0.05) is 6.92 Å². The summed E-state index contributed by atoms with van der Waals surface area (Å²) in [7, 11) is 2.97. The summed E-state index contributed by atoms with van der Waals surface area (Å²) < 4.78 is 14.8. The quantitative estimate of drug-likeness (QED) is 0.452. The zero-order valence-corrected chi connectivity index (χ0v) is 7.95. The van der Waals surface area contributed by atoms with E-state index < -0.39 is 12.4 Å². The molecule has 0 aliphatic heterocycles. The lowest BCUT2D eigenvalue weighted by Gasteiger charge is -2.19. The number of rotatable bonds is 7. The predicted octanol–water partition coefficient (Wildman–Crippen LogP) is 0.393. The van der Waals surface area contributed by atoms with Gasteiger partial charge in [-0.25, -0.2) is 0 Å². The highest BCUT2D eigenvalue weighted by atomic mass is 16.7. The van der Waals surface area contributed by atoms with Crippen molar-refractivity contribution in [1.29, 1.82) is 0 Å². The molecule has 0 aromatic rings. The van der Waals surface area contributed by atoms with Gasteiger partial charge < -0.3 is 19.3 Å². The van der Waals surface area contributed by atoms with Crippen molar-refractivity contribution in [2.24, 2.45) is 0 Å². The van der Waals surface area contributed by atoms with E-state index in [4.69, 9.17) is 14.2 Å². The standard InChI is InChI=1S/C8H18O4/c1-4-5-12-6-7(9)8(10-2)11-3/h7-9H,4-6H2,1-3H3. The van der Waals surface area contributed by atoms with Gasteiger partial charge in [0.15, 0.2) is 6.29 Å². The molecule has 0 bridgehead atoms. The van der Waals surface area contributed by atoms with Gasteiger partial charge >= 0.3 is 0 Å². The van der Waals surface area contributed by atoms with Crippen molar-refractivity contribution in [2.75, 3.05) is 27.4 Å². The van der Waals surface area contributed by atoms with E-state index in [9.17, 15) is 5.11 Å². The van der Waals surface area contributed by atoms with E-state index in [0.29, 0.717) is 6.61 Å². The molecule has 0 fully saturated rings. The Morgan fingerprint density at radius 3 is 2.25 bits per heavy atom. The highest BCUT2D eigenvalue weighted by Gasteiger charge is 2.17. The molecule has 4 nitrogen and oxygen atoms in total. The van der Waals surface area contributed by atoms with Crippen LogP contribution in [0.1, 0.15) is 13.3 Å². The van der Waals surface area contributed by atoms with Crippen molar-refractivity contribution < 1.29 is 19.3 Å². The third-order valence-electron chi connectivity index (χ3n) is 1.42. The monoisotopic (exact) mass is 178 g/mol. The van der Waals surface area contributed by atoms with Gasteiger partial charge in [0.1, 0.15) is 6.10 Å². The van der Waals surface area contributed by atoms with Crippen LogP contribution in [-0.2, 0) is 14.2 Å². The lowest BCUT2D eigenvalue weighted by Crippen LogP contribution is -2.33. The number of aliphatic hydroxyl groups is 1. The van der Waals surface area contributed by atoms with Crippen LogP contribution in [-0.4, -0.2) is 44.9 Å². The Bertz CT molecular complexity index is 93.1. The molecule has 0 saturated carbocycles. The van der Waals surface area contributed by atoms with Crippen LogP contribution in [0.2, 0.25) is 0 Å². The largest absolute Gasteiger partial charge is 0.385 e. The molecule has 0 aliphatic rings. The maximum atomic E-state index is 9.36. The molecule has 0 heterocycles. The molecule has 12 heavy (non-hydrogen) atoms. The van der Waals surface area contributed by atoms with Crippen LogP contribution in [0.3, 0.4) is 0 Å². The van der Waals surface area contributed by atoms with Crippen LogP contribution in [0, 0.1) is 0 Å². The minimum atomic E-state index is -0.716. The van der Waals surface area contributed by atoms with E-state index in [1.54, 1.807) is 0 Å². The van der Waals surface area contributed by atoms with Gasteiger partial charge in [-0.2, -0.15) is 0 Å². The minimum absolute atomic E-state index is 0.250. The Labute approximate surface area is 73.4 Å². The topological polar surface area (TPSA) is 47.9 Å². The van der Waals surface area contributed by atoms with Crippen molar-refractivity contribution in [3.8, 4) is 0 Å². The first-order chi connectivity index (χ1) is 5.76. The smallest absolute Gasteiger partial charge is 0.184 e. The Morgan fingerprint density at radius 2 is 1.83 bits per heavy atom. The first-order valence-corrected chi connectivity index (χ1v) is 4.07. The fourth-order valence-electron chi connectivity index (χ4n) is 0.837. The first kappa shape index (κ1) is 11.8. The molecule has 0 aromatic heterocycles. The normalized spacial score (nSPS) is 13.8. The summed E-state index contributed by atoms with van der Waals surface area (Å²) in [5.41, 5.74) is 0. The zero-order valence-electron chi connectivity index (χ0n) is 7.95. The van der Waals surface area contributed by atoms with Gasteiger partial charge in [-0.05, 0) is 6.42 Å². The molecule has 0 saturated heterocycles. The highest BCUT2D eigenvalue weighted by Crippen LogP contribution is 1.99. The Morgan fingerprint density at radius 1 is 1.25 bits per heavy atom. The van der Waals surface area contributed by atoms with Crippen molar-refractivity contribution in [3.05, 3.63) is 0 Å². The molecule has 0 aliphatic carbocycles. The average Bonchev–Trinajstić information content (AvgIpc) is 2.07. The zero-order chi connectivity index (χ0) is 9.40. The number of ether oxygens (including phenoxy) is 3. The fourth-order valence-corrected chi connectivity index (χ4v) is 0.837. The van der Waals surface area contributed by atoms with E-state index in [1.165, 1.54) is 14.2 Å². The van der Waals surface area contributed by atoms with E-state index in [0.717, 1.165) is 6.42 Å². The number of aliphatic hydroxyl groups excluding tert-OH is 1. The van der Waals surface area contributed by atoms with Gasteiger partial charge in [-0.3, -0.25) is 0 Å². The van der Waals surface area contributed by atoms with Crippen molar-refractivity contribution in [2.45, 2.75) is 25.7 Å². The van der Waals surface area contributed by atoms with Crippen LogP contribution in [0.5, 0.6) is 0 Å². The molecule has 0 aromatic carbocycles. The Kier molecular flexibility index (Phi) is 7.39. The summed E-state index contributed by atoms with van der Waals surface area (Å²) in [6, 6.07) is 0. The minimum Gasteiger partial charge on any atom is -0.385 e. The number of hydrogen-bond acceptors (Lipinski definition) is 4. The molecule has 0 radical (unpaired) electrons. The maximum absolute atomic E-state index is 9.36. The SMILES string of the molecule is CCCOCC(O)C(OC)OC. The third-order valence-corrected chi connectivity index (χ3v) is 1.42. The summed E-state index contributed by atoms with van der Waals surface area (Å²) in [6.07, 6.45) is -0.370. The second kappa shape index (κ2) is 7.49. The average molecular weight is 178 g/mol. The second-order valence-electron chi connectivity index (χ2n) is 2.48. The van der Waals surface area contributed by atoms with E-state index in [-0.39, 0.29) is 6.61 Å². The van der Waals surface area contributed by atoms with Crippen molar-refractivity contribution in [1.82, 2.24) is 0 Å². The predicted molar refractivity (Wildman–Crippen MR) is 44.9 cm³/mol. The number of methoxy groups -OCH3 is 2. The van der Waals surface area contributed by atoms with Gasteiger partial charge in [0.25, 0.3) is 0 Å². The van der Waals surface area contributed by atoms with Crippen LogP contribution >= 0.6 is 0 Å². The third kappa shape index (κ3) is 4.66. The van der Waals surface area contributed by atoms with Gasteiger partial charge in [-0.15, -0.1) is 0 Å². The molecule has 4 heteroatoms. The summed E-state index contributed by atoms with van der Waals surface area (Å²) in [5.74, 6) is 0. The summed E-state index contributed by atoms with van der Waals surface area (Å²) in [6.45, 7) is 2.91. The fraction of sp³-hybridized carbons (Fsp3) is 1.00. The van der Waals surface area contributed by atoms with Gasteiger partial charge in [0, 0.05) is 20.8 Å². The van der Waals surface area contributed by atoms with Crippen LogP contribution in [0.4, 0.5) is 0 Å². The summed E-state index contributed by atoms with van der Waals surface area (Å²) in [4.78, 5) is 0. The maximum Gasteiger partial charge on any atom is 0.184 e. The van der Waals surface area contributed by atoms with Crippen molar-refractivity contribution in [3.63, 3.8) is 0 Å². The van der Waals surface area contributed by atoms with Crippen LogP contribution < -0.4 is 0 Å². The molecular weight excluding hydrogens is 160 g/mol. The van der Waals surface area contributed by atoms with Crippen LogP contribution in [0.25, 0.3) is 0 Å². The van der Waals surface area contributed by atoms with E-state index in [2.05, 4.69) is 0 Å². The molecule has 74 valence electrons. The number of hydrogen-bond donors (Lipinski definition) is 1.